The minimum atomic E-state index is 0.886. The van der Waals surface area contributed by atoms with E-state index < -0.39 is 0 Å². The first-order chi connectivity index (χ1) is 9.86. The number of thiocyanates is 1. The molecule has 0 fully saturated rings. The van der Waals surface area contributed by atoms with Crippen LogP contribution in [-0.2, 0) is 6.54 Å². The van der Waals surface area contributed by atoms with Gasteiger partial charge in [-0.15, -0.1) is 0 Å². The van der Waals surface area contributed by atoms with E-state index in [0.29, 0.717) is 0 Å². The van der Waals surface area contributed by atoms with Gasteiger partial charge in [-0.1, -0.05) is 48.5 Å². The average Bonchev–Trinajstić information content (AvgIpc) is 2.82. The third-order valence-electron chi connectivity index (χ3n) is 3.44. The van der Waals surface area contributed by atoms with Crippen molar-refractivity contribution >= 4 is 22.7 Å². The number of nitrogens with zero attached hydrogens (tertiary/aromatic N) is 2. The number of nitriles is 1. The van der Waals surface area contributed by atoms with Crippen LogP contribution in [0.15, 0.2) is 59.5 Å². The Labute approximate surface area is 122 Å². The SMILES string of the molecule is CCn1c(-c2ccccc2)c(SC#N)c2ccccc21. The first-order valence-corrected chi connectivity index (χ1v) is 7.41. The number of aryl methyl sites for hydroxylation is 1. The molecule has 1 heterocycles. The second-order valence-electron chi connectivity index (χ2n) is 4.50. The van der Waals surface area contributed by atoms with E-state index >= 15 is 0 Å². The summed E-state index contributed by atoms with van der Waals surface area (Å²) in [6.07, 6.45) is 0. The summed E-state index contributed by atoms with van der Waals surface area (Å²) in [5, 5.41) is 12.5. The number of fused-ring (bicyclic) bond motifs is 1. The van der Waals surface area contributed by atoms with Crippen molar-refractivity contribution in [3.8, 4) is 16.7 Å². The zero-order valence-corrected chi connectivity index (χ0v) is 12.0. The Bertz CT molecular complexity index is 782. The molecule has 1 aromatic heterocycles. The minimum Gasteiger partial charge on any atom is -0.340 e. The van der Waals surface area contributed by atoms with Gasteiger partial charge >= 0.3 is 0 Å². The Balaban J connectivity index is 2.40. The lowest BCUT2D eigenvalue weighted by atomic mass is 10.1. The number of hydrogen-bond donors (Lipinski definition) is 0. The molecule has 0 atom stereocenters. The second kappa shape index (κ2) is 5.44. The van der Waals surface area contributed by atoms with Crippen LogP contribution in [0.2, 0.25) is 0 Å². The first-order valence-electron chi connectivity index (χ1n) is 6.59. The maximum Gasteiger partial charge on any atom is 0.138 e. The van der Waals surface area contributed by atoms with Crippen LogP contribution in [-0.4, -0.2) is 4.57 Å². The highest BCUT2D eigenvalue weighted by molar-refractivity contribution is 8.04. The number of hydrogen-bond acceptors (Lipinski definition) is 2. The van der Waals surface area contributed by atoms with Gasteiger partial charge in [-0.25, -0.2) is 0 Å². The normalized spacial score (nSPS) is 10.6. The standard InChI is InChI=1S/C17H14N2S/c1-2-19-15-11-7-6-10-14(15)17(20-12-18)16(19)13-8-4-3-5-9-13/h3-11H,2H2,1H3. The summed E-state index contributed by atoms with van der Waals surface area (Å²) in [4.78, 5) is 1.05. The van der Waals surface area contributed by atoms with Crippen molar-refractivity contribution < 1.29 is 0 Å². The molecule has 0 radical (unpaired) electrons. The van der Waals surface area contributed by atoms with Crippen molar-refractivity contribution in [1.82, 2.24) is 4.57 Å². The second-order valence-corrected chi connectivity index (χ2v) is 5.29. The maximum absolute atomic E-state index is 9.14. The van der Waals surface area contributed by atoms with E-state index in [1.165, 1.54) is 17.3 Å². The van der Waals surface area contributed by atoms with Crippen LogP contribution in [0.5, 0.6) is 0 Å². The zero-order chi connectivity index (χ0) is 13.9. The molecule has 0 aliphatic rings. The van der Waals surface area contributed by atoms with Crippen LogP contribution in [0.3, 0.4) is 0 Å². The number of para-hydroxylation sites is 1. The van der Waals surface area contributed by atoms with Crippen molar-refractivity contribution in [3.63, 3.8) is 0 Å². The van der Waals surface area contributed by atoms with E-state index in [1.54, 1.807) is 0 Å². The Morgan fingerprint density at radius 2 is 1.75 bits per heavy atom. The van der Waals surface area contributed by atoms with Gasteiger partial charge in [-0.05, 0) is 30.3 Å². The highest BCUT2D eigenvalue weighted by Crippen LogP contribution is 2.39. The largest absolute Gasteiger partial charge is 0.340 e. The molecule has 20 heavy (non-hydrogen) atoms. The lowest BCUT2D eigenvalue weighted by molar-refractivity contribution is 0.800. The Kier molecular flexibility index (Phi) is 3.49. The lowest BCUT2D eigenvalue weighted by Gasteiger charge is -2.09. The molecule has 3 rings (SSSR count). The molecule has 0 saturated carbocycles. The van der Waals surface area contributed by atoms with Gasteiger partial charge in [-0.2, -0.15) is 5.26 Å². The molecule has 0 bridgehead atoms. The van der Waals surface area contributed by atoms with Crippen molar-refractivity contribution in [1.29, 1.82) is 5.26 Å². The topological polar surface area (TPSA) is 28.7 Å². The minimum absolute atomic E-state index is 0.886. The predicted octanol–water partition coefficient (Wildman–Crippen LogP) is 4.90. The van der Waals surface area contributed by atoms with Crippen molar-refractivity contribution in [3.05, 3.63) is 54.6 Å². The Hall–Kier alpha value is -2.18. The van der Waals surface area contributed by atoms with Gasteiger partial charge in [0.2, 0.25) is 0 Å². The van der Waals surface area contributed by atoms with E-state index in [0.717, 1.165) is 28.1 Å². The number of rotatable bonds is 3. The molecule has 0 unspecified atom stereocenters. The highest BCUT2D eigenvalue weighted by atomic mass is 32.2. The molecular formula is C17H14N2S. The van der Waals surface area contributed by atoms with E-state index in [-0.39, 0.29) is 0 Å². The Morgan fingerprint density at radius 1 is 1.05 bits per heavy atom. The van der Waals surface area contributed by atoms with Crippen LogP contribution in [0.25, 0.3) is 22.2 Å². The van der Waals surface area contributed by atoms with Crippen LogP contribution in [0.4, 0.5) is 0 Å². The fourth-order valence-electron chi connectivity index (χ4n) is 2.63. The van der Waals surface area contributed by atoms with Gasteiger partial charge in [0.25, 0.3) is 0 Å². The quantitative estimate of drug-likeness (QED) is 0.503. The smallest absolute Gasteiger partial charge is 0.138 e. The average molecular weight is 278 g/mol. The molecule has 98 valence electrons. The van der Waals surface area contributed by atoms with E-state index in [1.807, 2.05) is 30.3 Å². The summed E-state index contributed by atoms with van der Waals surface area (Å²) in [5.74, 6) is 0. The summed E-state index contributed by atoms with van der Waals surface area (Å²) in [6, 6.07) is 18.6. The molecule has 2 nitrogen and oxygen atoms in total. The predicted molar refractivity (Wildman–Crippen MR) is 84.5 cm³/mol. The van der Waals surface area contributed by atoms with Gasteiger partial charge in [0.1, 0.15) is 5.40 Å². The van der Waals surface area contributed by atoms with Crippen LogP contribution < -0.4 is 0 Å². The van der Waals surface area contributed by atoms with Crippen molar-refractivity contribution in [2.75, 3.05) is 0 Å². The van der Waals surface area contributed by atoms with Crippen LogP contribution >= 0.6 is 11.8 Å². The molecule has 0 saturated heterocycles. The Morgan fingerprint density at radius 3 is 2.45 bits per heavy atom. The molecule has 0 amide bonds. The maximum atomic E-state index is 9.14. The van der Waals surface area contributed by atoms with Crippen molar-refractivity contribution in [2.45, 2.75) is 18.4 Å². The van der Waals surface area contributed by atoms with Gasteiger partial charge < -0.3 is 4.57 Å². The fraction of sp³-hybridized carbons (Fsp3) is 0.118. The number of benzene rings is 2. The van der Waals surface area contributed by atoms with E-state index in [2.05, 4.69) is 41.2 Å². The summed E-state index contributed by atoms with van der Waals surface area (Å²) in [7, 11) is 0. The first kappa shape index (κ1) is 12.8. The highest BCUT2D eigenvalue weighted by Gasteiger charge is 2.17. The van der Waals surface area contributed by atoms with Crippen LogP contribution in [0.1, 0.15) is 6.92 Å². The number of thioether (sulfide) groups is 1. The number of aromatic nitrogens is 1. The summed E-state index contributed by atoms with van der Waals surface area (Å²) in [6.45, 7) is 3.02. The van der Waals surface area contributed by atoms with Crippen LogP contribution in [0, 0.1) is 10.7 Å². The van der Waals surface area contributed by atoms with E-state index in [9.17, 15) is 0 Å². The van der Waals surface area contributed by atoms with Gasteiger partial charge in [0.15, 0.2) is 0 Å². The molecule has 3 aromatic rings. The molecule has 0 spiro atoms. The molecule has 2 aromatic carbocycles. The van der Waals surface area contributed by atoms with E-state index in [4.69, 9.17) is 5.26 Å². The molecular weight excluding hydrogens is 264 g/mol. The summed E-state index contributed by atoms with van der Waals surface area (Å²) >= 11 is 1.25. The third kappa shape index (κ3) is 1.99. The summed E-state index contributed by atoms with van der Waals surface area (Å²) in [5.41, 5.74) is 3.48. The van der Waals surface area contributed by atoms with Gasteiger partial charge in [0, 0.05) is 17.4 Å². The molecule has 3 heteroatoms. The molecule has 0 aliphatic carbocycles. The summed E-state index contributed by atoms with van der Waals surface area (Å²) < 4.78 is 2.28. The molecule has 0 aliphatic heterocycles. The van der Waals surface area contributed by atoms with Gasteiger partial charge in [0.05, 0.1) is 10.6 Å². The third-order valence-corrected chi connectivity index (χ3v) is 4.14. The van der Waals surface area contributed by atoms with Gasteiger partial charge in [-0.3, -0.25) is 0 Å². The monoisotopic (exact) mass is 278 g/mol. The lowest BCUT2D eigenvalue weighted by Crippen LogP contribution is -1.96. The molecule has 0 N–H and O–H groups in total. The van der Waals surface area contributed by atoms with Crippen molar-refractivity contribution in [2.24, 2.45) is 0 Å². The zero-order valence-electron chi connectivity index (χ0n) is 11.2. The fourth-order valence-corrected chi connectivity index (χ4v) is 3.33.